The molecule has 1 unspecified atom stereocenters. The van der Waals surface area contributed by atoms with E-state index >= 15 is 0 Å². The third-order valence-corrected chi connectivity index (χ3v) is 5.68. The second-order valence-corrected chi connectivity index (χ2v) is 7.42. The van der Waals surface area contributed by atoms with Crippen molar-refractivity contribution in [3.05, 3.63) is 0 Å². The molecule has 1 atom stereocenters. The zero-order valence-corrected chi connectivity index (χ0v) is 12.6. The molecule has 2 N–H and O–H groups in total. The monoisotopic (exact) mass is 305 g/mol. The van der Waals surface area contributed by atoms with Gasteiger partial charge in [0.2, 0.25) is 15.9 Å². The largest absolute Gasteiger partial charge is 0.378 e. The van der Waals surface area contributed by atoms with Gasteiger partial charge in [-0.1, -0.05) is 0 Å². The second kappa shape index (κ2) is 6.84. The van der Waals surface area contributed by atoms with Crippen LogP contribution in [-0.4, -0.2) is 69.3 Å². The first-order valence-corrected chi connectivity index (χ1v) is 8.73. The molecule has 0 aromatic heterocycles. The fraction of sp³-hybridized carbons (Fsp3) is 0.917. The van der Waals surface area contributed by atoms with E-state index in [4.69, 9.17) is 4.74 Å². The number of ether oxygens (including phenoxy) is 1. The lowest BCUT2D eigenvalue weighted by molar-refractivity contribution is -0.126. The highest BCUT2D eigenvalue weighted by Crippen LogP contribution is 2.14. The maximum absolute atomic E-state index is 12.0. The van der Waals surface area contributed by atoms with Crippen LogP contribution in [0.3, 0.4) is 0 Å². The molecule has 0 spiro atoms. The minimum atomic E-state index is -3.11. The van der Waals surface area contributed by atoms with Crippen molar-refractivity contribution in [1.82, 2.24) is 14.9 Å². The number of nitrogens with zero attached hydrogens (tertiary/aromatic N) is 1. The number of hydrogen-bond donors (Lipinski definition) is 2. The highest BCUT2D eigenvalue weighted by Gasteiger charge is 2.29. The van der Waals surface area contributed by atoms with Crippen molar-refractivity contribution < 1.29 is 17.9 Å². The summed E-state index contributed by atoms with van der Waals surface area (Å²) in [5, 5.41) is 6.08. The smallest absolute Gasteiger partial charge is 0.239 e. The Morgan fingerprint density at radius 2 is 2.10 bits per heavy atom. The van der Waals surface area contributed by atoms with Gasteiger partial charge in [0.25, 0.3) is 0 Å². The Kier molecular flexibility index (Phi) is 5.36. The fourth-order valence-electron chi connectivity index (χ4n) is 2.50. The molecular formula is C12H23N3O4S. The highest BCUT2D eigenvalue weighted by atomic mass is 32.2. The third kappa shape index (κ3) is 3.91. The van der Waals surface area contributed by atoms with Crippen molar-refractivity contribution in [2.75, 3.05) is 38.6 Å². The van der Waals surface area contributed by atoms with Crippen LogP contribution in [0.5, 0.6) is 0 Å². The van der Waals surface area contributed by atoms with Gasteiger partial charge in [0.15, 0.2) is 0 Å². The van der Waals surface area contributed by atoms with Gasteiger partial charge in [-0.05, 0) is 19.8 Å². The summed E-state index contributed by atoms with van der Waals surface area (Å²) in [6, 6.07) is -0.240. The van der Waals surface area contributed by atoms with Crippen LogP contribution in [0.1, 0.15) is 19.8 Å². The van der Waals surface area contributed by atoms with Crippen molar-refractivity contribution >= 4 is 15.9 Å². The van der Waals surface area contributed by atoms with Crippen LogP contribution in [0.2, 0.25) is 0 Å². The maximum Gasteiger partial charge on any atom is 0.239 e. The normalized spacial score (nSPS) is 26.4. The third-order valence-electron chi connectivity index (χ3n) is 3.80. The molecule has 0 bridgehead atoms. The molecule has 0 aromatic rings. The van der Waals surface area contributed by atoms with Crippen LogP contribution in [0.25, 0.3) is 0 Å². The first-order valence-electron chi connectivity index (χ1n) is 7.12. The predicted octanol–water partition coefficient (Wildman–Crippen LogP) is -1.09. The molecule has 0 radical (unpaired) electrons. The first-order chi connectivity index (χ1) is 9.53. The van der Waals surface area contributed by atoms with Crippen LogP contribution in [0.4, 0.5) is 0 Å². The summed E-state index contributed by atoms with van der Waals surface area (Å²) >= 11 is 0. The first kappa shape index (κ1) is 15.7. The summed E-state index contributed by atoms with van der Waals surface area (Å²) in [6.45, 7) is 4.33. The van der Waals surface area contributed by atoms with Gasteiger partial charge in [0.1, 0.15) is 6.04 Å². The topological polar surface area (TPSA) is 87.7 Å². The Labute approximate surface area is 120 Å². The van der Waals surface area contributed by atoms with E-state index in [9.17, 15) is 13.2 Å². The molecule has 2 aliphatic heterocycles. The van der Waals surface area contributed by atoms with Gasteiger partial charge in [-0.25, -0.2) is 12.7 Å². The number of rotatable bonds is 4. The van der Waals surface area contributed by atoms with E-state index in [1.165, 1.54) is 4.31 Å². The van der Waals surface area contributed by atoms with Crippen molar-refractivity contribution in [2.24, 2.45) is 0 Å². The zero-order chi connectivity index (χ0) is 14.6. The number of amides is 1. The van der Waals surface area contributed by atoms with Crippen LogP contribution in [-0.2, 0) is 19.6 Å². The Bertz CT molecular complexity index is 426. The minimum absolute atomic E-state index is 0.0505. The quantitative estimate of drug-likeness (QED) is 0.689. The average molecular weight is 305 g/mol. The number of piperidine rings is 1. The number of hydrogen-bond acceptors (Lipinski definition) is 5. The number of carbonyl (C=O) groups is 1. The number of morpholine rings is 1. The summed E-state index contributed by atoms with van der Waals surface area (Å²) in [5.41, 5.74) is 0. The summed E-state index contributed by atoms with van der Waals surface area (Å²) in [4.78, 5) is 12.0. The summed E-state index contributed by atoms with van der Waals surface area (Å²) in [7, 11) is -3.11. The molecule has 2 rings (SSSR count). The predicted molar refractivity (Wildman–Crippen MR) is 74.8 cm³/mol. The summed E-state index contributed by atoms with van der Waals surface area (Å²) < 4.78 is 30.3. The maximum atomic E-state index is 12.0. The minimum Gasteiger partial charge on any atom is -0.378 e. The average Bonchev–Trinajstić information content (AvgIpc) is 2.48. The molecule has 2 heterocycles. The molecule has 8 heteroatoms. The van der Waals surface area contributed by atoms with Crippen molar-refractivity contribution in [3.63, 3.8) is 0 Å². The Balaban J connectivity index is 1.78. The molecule has 1 amide bonds. The van der Waals surface area contributed by atoms with Gasteiger partial charge in [0.05, 0.1) is 19.0 Å². The van der Waals surface area contributed by atoms with Gasteiger partial charge in [-0.3, -0.25) is 4.79 Å². The summed E-state index contributed by atoms with van der Waals surface area (Å²) in [5.74, 6) is 0.0781. The molecule has 20 heavy (non-hydrogen) atoms. The van der Waals surface area contributed by atoms with Crippen LogP contribution in [0.15, 0.2) is 0 Å². The van der Waals surface area contributed by atoms with Crippen LogP contribution >= 0.6 is 0 Å². The fourth-order valence-corrected chi connectivity index (χ4v) is 3.63. The molecular weight excluding hydrogens is 282 g/mol. The van der Waals surface area contributed by atoms with Crippen molar-refractivity contribution in [2.45, 2.75) is 31.8 Å². The van der Waals surface area contributed by atoms with Crippen LogP contribution in [0, 0.1) is 0 Å². The molecule has 0 saturated carbocycles. The lowest BCUT2D eigenvalue weighted by atomic mass is 10.1. The van der Waals surface area contributed by atoms with E-state index in [-0.39, 0.29) is 23.7 Å². The molecule has 2 aliphatic rings. The number of carbonyl (C=O) groups excluding carboxylic acids is 1. The zero-order valence-electron chi connectivity index (χ0n) is 11.8. The van der Waals surface area contributed by atoms with Gasteiger partial charge in [-0.2, -0.15) is 0 Å². The lowest BCUT2D eigenvalue weighted by Crippen LogP contribution is -2.55. The van der Waals surface area contributed by atoms with Gasteiger partial charge < -0.3 is 15.4 Å². The molecule has 0 aromatic carbocycles. The van der Waals surface area contributed by atoms with E-state index < -0.39 is 10.0 Å². The van der Waals surface area contributed by atoms with Crippen molar-refractivity contribution in [3.8, 4) is 0 Å². The number of nitrogens with one attached hydrogen (secondary N) is 2. The molecule has 0 aliphatic carbocycles. The Morgan fingerprint density at radius 1 is 1.40 bits per heavy atom. The standard InChI is InChI=1S/C12H23N3O4S/c1-2-20(17,18)15-6-3-10(4-7-15)14-12(16)11-9-19-8-5-13-11/h10-11,13H,2-9H2,1H3,(H,14,16). The lowest BCUT2D eigenvalue weighted by Gasteiger charge is -2.32. The Hall–Kier alpha value is -0.700. The second-order valence-electron chi connectivity index (χ2n) is 5.16. The van der Waals surface area contributed by atoms with Gasteiger partial charge >= 0.3 is 0 Å². The Morgan fingerprint density at radius 3 is 2.65 bits per heavy atom. The van der Waals surface area contributed by atoms with Crippen LogP contribution < -0.4 is 10.6 Å². The van der Waals surface area contributed by atoms with E-state index in [0.29, 0.717) is 45.7 Å². The van der Waals surface area contributed by atoms with E-state index in [2.05, 4.69) is 10.6 Å². The van der Waals surface area contributed by atoms with Crippen molar-refractivity contribution in [1.29, 1.82) is 0 Å². The molecule has 2 saturated heterocycles. The summed E-state index contributed by atoms with van der Waals surface area (Å²) in [6.07, 6.45) is 1.33. The van der Waals surface area contributed by atoms with E-state index in [0.717, 1.165) is 0 Å². The number of sulfonamides is 1. The molecule has 7 nitrogen and oxygen atoms in total. The highest BCUT2D eigenvalue weighted by molar-refractivity contribution is 7.89. The SMILES string of the molecule is CCS(=O)(=O)N1CCC(NC(=O)C2COCCN2)CC1. The van der Waals surface area contributed by atoms with Gasteiger partial charge in [0, 0.05) is 25.7 Å². The van der Waals surface area contributed by atoms with E-state index in [1.807, 2.05) is 0 Å². The molecule has 116 valence electrons. The van der Waals surface area contributed by atoms with E-state index in [1.54, 1.807) is 6.92 Å². The molecule has 2 fully saturated rings. The van der Waals surface area contributed by atoms with Gasteiger partial charge in [-0.15, -0.1) is 0 Å².